The van der Waals surface area contributed by atoms with E-state index >= 15 is 0 Å². The zero-order valence-corrected chi connectivity index (χ0v) is 16.8. The second-order valence-electron chi connectivity index (χ2n) is 7.51. The molecule has 0 bridgehead atoms. The number of anilines is 2. The number of urea groups is 1. The number of hydrogen-bond acceptors (Lipinski definition) is 5. The number of nitrogens with one attached hydrogen (secondary N) is 2. The molecule has 2 saturated heterocycles. The number of benzene rings is 1. The van der Waals surface area contributed by atoms with Crippen LogP contribution in [0.3, 0.4) is 0 Å². The Labute approximate surface area is 168 Å². The van der Waals surface area contributed by atoms with Crippen molar-refractivity contribution in [2.24, 2.45) is 5.92 Å². The van der Waals surface area contributed by atoms with Crippen molar-refractivity contribution in [1.82, 2.24) is 15.2 Å². The summed E-state index contributed by atoms with van der Waals surface area (Å²) in [5.74, 6) is 0.519. The summed E-state index contributed by atoms with van der Waals surface area (Å²) in [6, 6.07) is 6.98. The summed E-state index contributed by atoms with van der Waals surface area (Å²) in [5, 5.41) is 8.27. The van der Waals surface area contributed by atoms with Crippen molar-refractivity contribution < 1.29 is 9.59 Å². The van der Waals surface area contributed by atoms with Gasteiger partial charge in [0.15, 0.2) is 5.13 Å². The summed E-state index contributed by atoms with van der Waals surface area (Å²) in [6.07, 6.45) is 2.54. The van der Waals surface area contributed by atoms with Gasteiger partial charge < -0.3 is 5.32 Å². The molecule has 1 unspecified atom stereocenters. The SMILES string of the molecule is CC1CCCN(Cc2csc(NC(=O)c3cccc(N4CCNC4=O)c3)n2)C1. The minimum absolute atomic E-state index is 0.130. The molecule has 8 heteroatoms. The van der Waals surface area contributed by atoms with Crippen molar-refractivity contribution in [1.29, 1.82) is 0 Å². The smallest absolute Gasteiger partial charge is 0.321 e. The molecule has 0 radical (unpaired) electrons. The molecule has 148 valence electrons. The molecule has 7 nitrogen and oxygen atoms in total. The Kier molecular flexibility index (Phi) is 5.59. The predicted octanol–water partition coefficient (Wildman–Crippen LogP) is 3.16. The van der Waals surface area contributed by atoms with Crippen LogP contribution in [0.15, 0.2) is 29.6 Å². The first-order valence-corrected chi connectivity index (χ1v) is 10.6. The summed E-state index contributed by atoms with van der Waals surface area (Å²) < 4.78 is 0. The topological polar surface area (TPSA) is 77.6 Å². The summed E-state index contributed by atoms with van der Waals surface area (Å²) in [6.45, 7) is 6.56. The molecule has 3 heterocycles. The van der Waals surface area contributed by atoms with Gasteiger partial charge in [-0.3, -0.25) is 19.9 Å². The number of nitrogens with zero attached hydrogens (tertiary/aromatic N) is 3. The maximum Gasteiger partial charge on any atom is 0.321 e. The second-order valence-corrected chi connectivity index (χ2v) is 8.37. The van der Waals surface area contributed by atoms with Gasteiger partial charge in [0, 0.05) is 42.8 Å². The van der Waals surface area contributed by atoms with E-state index < -0.39 is 0 Å². The summed E-state index contributed by atoms with van der Waals surface area (Å²) in [5.41, 5.74) is 2.23. The van der Waals surface area contributed by atoms with Crippen molar-refractivity contribution in [2.45, 2.75) is 26.3 Å². The lowest BCUT2D eigenvalue weighted by Crippen LogP contribution is -2.33. The van der Waals surface area contributed by atoms with E-state index in [0.717, 1.165) is 36.9 Å². The lowest BCUT2D eigenvalue weighted by atomic mass is 10.0. The zero-order chi connectivity index (χ0) is 19.5. The molecule has 3 amide bonds. The quantitative estimate of drug-likeness (QED) is 0.810. The average molecular weight is 400 g/mol. The first-order valence-electron chi connectivity index (χ1n) is 9.72. The number of piperidine rings is 1. The van der Waals surface area contributed by atoms with Crippen LogP contribution in [-0.4, -0.2) is 48.0 Å². The highest BCUT2D eigenvalue weighted by molar-refractivity contribution is 7.14. The summed E-state index contributed by atoms with van der Waals surface area (Å²) in [4.78, 5) is 33.1. The monoisotopic (exact) mass is 399 g/mol. The Morgan fingerprint density at radius 3 is 3.07 bits per heavy atom. The summed E-state index contributed by atoms with van der Waals surface area (Å²) in [7, 11) is 0. The third-order valence-electron chi connectivity index (χ3n) is 5.18. The number of carbonyl (C=O) groups excluding carboxylic acids is 2. The molecule has 0 aliphatic carbocycles. The normalized spacial score (nSPS) is 20.2. The second kappa shape index (κ2) is 8.28. The van der Waals surface area contributed by atoms with Gasteiger partial charge >= 0.3 is 6.03 Å². The van der Waals surface area contributed by atoms with Gasteiger partial charge in [-0.05, 0) is 43.5 Å². The van der Waals surface area contributed by atoms with Gasteiger partial charge in [0.1, 0.15) is 0 Å². The minimum Gasteiger partial charge on any atom is -0.336 e. The lowest BCUT2D eigenvalue weighted by molar-refractivity contribution is 0.102. The third kappa shape index (κ3) is 4.34. The van der Waals surface area contributed by atoms with Crippen LogP contribution in [-0.2, 0) is 6.54 Å². The van der Waals surface area contributed by atoms with E-state index in [1.165, 1.54) is 24.2 Å². The van der Waals surface area contributed by atoms with E-state index in [2.05, 4.69) is 27.4 Å². The first kappa shape index (κ1) is 18.9. The average Bonchev–Trinajstić information content (AvgIpc) is 3.30. The van der Waals surface area contributed by atoms with Gasteiger partial charge in [-0.15, -0.1) is 11.3 Å². The number of thiazole rings is 1. The molecule has 0 saturated carbocycles. The maximum atomic E-state index is 12.6. The number of carbonyl (C=O) groups is 2. The van der Waals surface area contributed by atoms with Crippen LogP contribution in [0, 0.1) is 5.92 Å². The molecule has 28 heavy (non-hydrogen) atoms. The fourth-order valence-electron chi connectivity index (χ4n) is 3.80. The molecule has 2 aromatic rings. The van der Waals surface area contributed by atoms with Crippen LogP contribution >= 0.6 is 11.3 Å². The van der Waals surface area contributed by atoms with Crippen molar-refractivity contribution >= 4 is 34.1 Å². The molecule has 2 aliphatic heterocycles. The molecule has 1 aromatic carbocycles. The van der Waals surface area contributed by atoms with Crippen molar-refractivity contribution in [3.8, 4) is 0 Å². The number of rotatable bonds is 5. The van der Waals surface area contributed by atoms with Crippen molar-refractivity contribution in [2.75, 3.05) is 36.4 Å². The first-order chi connectivity index (χ1) is 13.6. The Bertz CT molecular complexity index is 868. The Morgan fingerprint density at radius 2 is 2.29 bits per heavy atom. The third-order valence-corrected chi connectivity index (χ3v) is 5.98. The Morgan fingerprint density at radius 1 is 1.39 bits per heavy atom. The molecule has 2 aliphatic rings. The van der Waals surface area contributed by atoms with Crippen LogP contribution in [0.1, 0.15) is 35.8 Å². The van der Waals surface area contributed by atoms with E-state index in [9.17, 15) is 9.59 Å². The minimum atomic E-state index is -0.214. The lowest BCUT2D eigenvalue weighted by Gasteiger charge is -2.30. The van der Waals surface area contributed by atoms with E-state index in [-0.39, 0.29) is 11.9 Å². The summed E-state index contributed by atoms with van der Waals surface area (Å²) >= 11 is 1.45. The van der Waals surface area contributed by atoms with E-state index in [1.54, 1.807) is 23.1 Å². The fourth-order valence-corrected chi connectivity index (χ4v) is 4.50. The van der Waals surface area contributed by atoms with Gasteiger partial charge in [-0.2, -0.15) is 0 Å². The number of amides is 3. The van der Waals surface area contributed by atoms with E-state index in [1.807, 2.05) is 11.4 Å². The van der Waals surface area contributed by atoms with Crippen molar-refractivity contribution in [3.63, 3.8) is 0 Å². The Hall–Kier alpha value is -2.45. The van der Waals surface area contributed by atoms with Crippen LogP contribution in [0.5, 0.6) is 0 Å². The molecule has 0 spiro atoms. The van der Waals surface area contributed by atoms with Gasteiger partial charge in [0.05, 0.1) is 5.69 Å². The van der Waals surface area contributed by atoms with Gasteiger partial charge in [0.25, 0.3) is 5.91 Å². The largest absolute Gasteiger partial charge is 0.336 e. The van der Waals surface area contributed by atoms with Crippen LogP contribution < -0.4 is 15.5 Å². The number of aromatic nitrogens is 1. The number of hydrogen-bond donors (Lipinski definition) is 2. The molecule has 4 rings (SSSR count). The van der Waals surface area contributed by atoms with E-state index in [4.69, 9.17) is 0 Å². The predicted molar refractivity (Wildman–Crippen MR) is 111 cm³/mol. The molecule has 1 atom stereocenters. The highest BCUT2D eigenvalue weighted by Crippen LogP contribution is 2.22. The van der Waals surface area contributed by atoms with Gasteiger partial charge in [-0.25, -0.2) is 9.78 Å². The maximum absolute atomic E-state index is 12.6. The molecule has 2 N–H and O–H groups in total. The van der Waals surface area contributed by atoms with Crippen molar-refractivity contribution in [3.05, 3.63) is 40.9 Å². The fraction of sp³-hybridized carbons (Fsp3) is 0.450. The van der Waals surface area contributed by atoms with Crippen LogP contribution in [0.25, 0.3) is 0 Å². The highest BCUT2D eigenvalue weighted by atomic mass is 32.1. The van der Waals surface area contributed by atoms with Crippen LogP contribution in [0.2, 0.25) is 0 Å². The van der Waals surface area contributed by atoms with Gasteiger partial charge in [-0.1, -0.05) is 13.0 Å². The van der Waals surface area contributed by atoms with Gasteiger partial charge in [0.2, 0.25) is 0 Å². The molecular formula is C20H25N5O2S. The highest BCUT2D eigenvalue weighted by Gasteiger charge is 2.22. The van der Waals surface area contributed by atoms with Crippen LogP contribution in [0.4, 0.5) is 15.6 Å². The standard InChI is InChI=1S/C20H25N5O2S/c1-14-4-3-8-24(11-14)12-16-13-28-19(22-16)23-18(26)15-5-2-6-17(10-15)25-9-7-21-20(25)27/h2,5-6,10,13-14H,3-4,7-9,11-12H2,1H3,(H,21,27)(H,22,23,26). The number of likely N-dealkylation sites (tertiary alicyclic amines) is 1. The van der Waals surface area contributed by atoms with E-state index in [0.29, 0.717) is 23.8 Å². The Balaban J connectivity index is 1.39. The molecule has 2 fully saturated rings. The molecular weight excluding hydrogens is 374 g/mol. The molecule has 1 aromatic heterocycles. The zero-order valence-electron chi connectivity index (χ0n) is 16.0.